The van der Waals surface area contributed by atoms with Crippen molar-refractivity contribution in [3.05, 3.63) is 23.9 Å². The Bertz CT molecular complexity index is 399. The summed E-state index contributed by atoms with van der Waals surface area (Å²) in [5, 5.41) is 11.8. The number of amides is 1. The maximum Gasteiger partial charge on any atom is 0.253 e. The molecule has 0 aliphatic rings. The Hall–Kier alpha value is -1.62. The van der Waals surface area contributed by atoms with Gasteiger partial charge in [0, 0.05) is 12.3 Å². The Labute approximate surface area is 107 Å². The van der Waals surface area contributed by atoms with Crippen LogP contribution in [-0.2, 0) is 0 Å². The number of aromatic nitrogens is 1. The predicted octanol–water partition coefficient (Wildman–Crippen LogP) is 1.37. The second-order valence-corrected chi connectivity index (χ2v) is 5.05. The van der Waals surface area contributed by atoms with Crippen LogP contribution in [0.4, 0.5) is 0 Å². The van der Waals surface area contributed by atoms with Crippen molar-refractivity contribution in [1.29, 1.82) is 0 Å². The molecule has 100 valence electrons. The van der Waals surface area contributed by atoms with Crippen molar-refractivity contribution in [2.75, 3.05) is 6.61 Å². The van der Waals surface area contributed by atoms with Gasteiger partial charge in [0.15, 0.2) is 0 Å². The number of hydrogen-bond acceptors (Lipinski definition) is 4. The summed E-state index contributed by atoms with van der Waals surface area (Å²) < 4.78 is 5.39. The Morgan fingerprint density at radius 3 is 2.61 bits per heavy atom. The quantitative estimate of drug-likeness (QED) is 0.830. The number of pyridine rings is 1. The normalized spacial score (nSPS) is 11.4. The molecule has 0 aromatic carbocycles. The fraction of sp³-hybridized carbons (Fsp3) is 0.538. The summed E-state index contributed by atoms with van der Waals surface area (Å²) in [5.74, 6) is 0.223. The Kier molecular flexibility index (Phi) is 4.67. The van der Waals surface area contributed by atoms with Crippen LogP contribution in [0.1, 0.15) is 38.1 Å². The maximum atomic E-state index is 11.8. The van der Waals surface area contributed by atoms with Gasteiger partial charge in [0.25, 0.3) is 5.91 Å². The van der Waals surface area contributed by atoms with Crippen molar-refractivity contribution in [3.8, 4) is 5.88 Å². The van der Waals surface area contributed by atoms with Gasteiger partial charge in [-0.15, -0.1) is 0 Å². The summed E-state index contributed by atoms with van der Waals surface area (Å²) in [5.41, 5.74) is -0.211. The number of aliphatic hydroxyl groups is 1. The van der Waals surface area contributed by atoms with Crippen molar-refractivity contribution in [1.82, 2.24) is 10.3 Å². The van der Waals surface area contributed by atoms with E-state index in [9.17, 15) is 4.79 Å². The first-order valence-electron chi connectivity index (χ1n) is 5.90. The van der Waals surface area contributed by atoms with E-state index in [2.05, 4.69) is 10.3 Å². The fourth-order valence-corrected chi connectivity index (χ4v) is 1.24. The first kappa shape index (κ1) is 14.4. The standard InChI is InChI=1S/C13H20N2O3/c1-9(2)18-11-6-5-10(7-14-11)12(17)15-13(3,4)8-16/h5-7,9,16H,8H2,1-4H3,(H,15,17). The Morgan fingerprint density at radius 2 is 2.17 bits per heavy atom. The molecule has 0 radical (unpaired) electrons. The molecule has 0 aliphatic carbocycles. The van der Waals surface area contributed by atoms with Crippen LogP contribution in [-0.4, -0.2) is 34.2 Å². The van der Waals surface area contributed by atoms with Gasteiger partial charge in [-0.05, 0) is 33.8 Å². The van der Waals surface area contributed by atoms with E-state index in [1.54, 1.807) is 26.0 Å². The first-order chi connectivity index (χ1) is 8.34. The van der Waals surface area contributed by atoms with E-state index in [4.69, 9.17) is 9.84 Å². The highest BCUT2D eigenvalue weighted by Crippen LogP contribution is 2.10. The molecule has 1 heterocycles. The van der Waals surface area contributed by atoms with Gasteiger partial charge in [0.1, 0.15) is 0 Å². The number of carbonyl (C=O) groups is 1. The van der Waals surface area contributed by atoms with Crippen molar-refractivity contribution in [2.24, 2.45) is 0 Å². The minimum atomic E-state index is -0.649. The largest absolute Gasteiger partial charge is 0.475 e. The lowest BCUT2D eigenvalue weighted by Crippen LogP contribution is -2.46. The summed E-state index contributed by atoms with van der Waals surface area (Å²) in [6, 6.07) is 3.30. The first-order valence-corrected chi connectivity index (χ1v) is 5.90. The van der Waals surface area contributed by atoms with Crippen LogP contribution in [0.2, 0.25) is 0 Å². The van der Waals surface area contributed by atoms with Crippen LogP contribution >= 0.6 is 0 Å². The molecule has 0 saturated heterocycles. The minimum Gasteiger partial charge on any atom is -0.475 e. The van der Waals surface area contributed by atoms with E-state index in [-0.39, 0.29) is 18.6 Å². The summed E-state index contributed by atoms with van der Waals surface area (Å²) in [4.78, 5) is 15.9. The molecule has 1 amide bonds. The van der Waals surface area contributed by atoms with Gasteiger partial charge in [0.05, 0.1) is 23.8 Å². The van der Waals surface area contributed by atoms with Crippen LogP contribution < -0.4 is 10.1 Å². The molecule has 0 saturated carbocycles. The average molecular weight is 252 g/mol. The zero-order valence-electron chi connectivity index (χ0n) is 11.2. The molecular weight excluding hydrogens is 232 g/mol. The number of nitrogens with zero attached hydrogens (tertiary/aromatic N) is 1. The minimum absolute atomic E-state index is 0.0468. The van der Waals surface area contributed by atoms with E-state index in [0.29, 0.717) is 11.4 Å². The van der Waals surface area contributed by atoms with E-state index in [0.717, 1.165) is 0 Å². The van der Waals surface area contributed by atoms with Crippen molar-refractivity contribution >= 4 is 5.91 Å². The molecule has 0 bridgehead atoms. The van der Waals surface area contributed by atoms with Gasteiger partial charge in [-0.25, -0.2) is 4.98 Å². The molecule has 0 fully saturated rings. The number of hydrogen-bond donors (Lipinski definition) is 2. The van der Waals surface area contributed by atoms with Crippen molar-refractivity contribution in [2.45, 2.75) is 39.3 Å². The van der Waals surface area contributed by atoms with E-state index < -0.39 is 5.54 Å². The van der Waals surface area contributed by atoms with Gasteiger partial charge in [-0.1, -0.05) is 0 Å². The monoisotopic (exact) mass is 252 g/mol. The van der Waals surface area contributed by atoms with Crippen LogP contribution in [0, 0.1) is 0 Å². The fourth-order valence-electron chi connectivity index (χ4n) is 1.24. The third kappa shape index (κ3) is 4.33. The number of aliphatic hydroxyl groups excluding tert-OH is 1. The topological polar surface area (TPSA) is 71.5 Å². The molecule has 2 N–H and O–H groups in total. The predicted molar refractivity (Wildman–Crippen MR) is 68.6 cm³/mol. The lowest BCUT2D eigenvalue weighted by molar-refractivity contribution is 0.0869. The maximum absolute atomic E-state index is 11.8. The van der Waals surface area contributed by atoms with Gasteiger partial charge >= 0.3 is 0 Å². The lowest BCUT2D eigenvalue weighted by atomic mass is 10.1. The van der Waals surface area contributed by atoms with Crippen molar-refractivity contribution < 1.29 is 14.6 Å². The van der Waals surface area contributed by atoms with Gasteiger partial charge < -0.3 is 15.2 Å². The number of nitrogens with one attached hydrogen (secondary N) is 1. The molecule has 1 aromatic heterocycles. The summed E-state index contributed by atoms with van der Waals surface area (Å²) in [7, 11) is 0. The van der Waals surface area contributed by atoms with Gasteiger partial charge in [-0.2, -0.15) is 0 Å². The van der Waals surface area contributed by atoms with Crippen LogP contribution in [0.3, 0.4) is 0 Å². The smallest absolute Gasteiger partial charge is 0.253 e. The molecule has 0 spiro atoms. The third-order valence-electron chi connectivity index (χ3n) is 2.20. The van der Waals surface area contributed by atoms with Crippen LogP contribution in [0.15, 0.2) is 18.3 Å². The SMILES string of the molecule is CC(C)Oc1ccc(C(=O)NC(C)(C)CO)cn1. The van der Waals surface area contributed by atoms with E-state index in [1.165, 1.54) is 6.20 Å². The highest BCUT2D eigenvalue weighted by Gasteiger charge is 2.20. The molecule has 0 unspecified atom stereocenters. The number of ether oxygens (including phenoxy) is 1. The molecule has 0 atom stereocenters. The summed E-state index contributed by atoms with van der Waals surface area (Å²) >= 11 is 0. The Morgan fingerprint density at radius 1 is 1.50 bits per heavy atom. The molecule has 0 aliphatic heterocycles. The van der Waals surface area contributed by atoms with Crippen LogP contribution in [0.25, 0.3) is 0 Å². The highest BCUT2D eigenvalue weighted by atomic mass is 16.5. The van der Waals surface area contributed by atoms with Crippen molar-refractivity contribution in [3.63, 3.8) is 0 Å². The van der Waals surface area contributed by atoms with Gasteiger partial charge in [0.2, 0.25) is 5.88 Å². The van der Waals surface area contributed by atoms with Gasteiger partial charge in [-0.3, -0.25) is 4.79 Å². The summed E-state index contributed by atoms with van der Waals surface area (Å²) in [6.07, 6.45) is 1.51. The lowest BCUT2D eigenvalue weighted by Gasteiger charge is -2.23. The molecule has 18 heavy (non-hydrogen) atoms. The second kappa shape index (κ2) is 5.82. The third-order valence-corrected chi connectivity index (χ3v) is 2.20. The second-order valence-electron chi connectivity index (χ2n) is 5.05. The molecule has 1 rings (SSSR count). The zero-order chi connectivity index (χ0) is 13.8. The molecular formula is C13H20N2O3. The average Bonchev–Trinajstić information content (AvgIpc) is 2.28. The van der Waals surface area contributed by atoms with E-state index in [1.807, 2.05) is 13.8 Å². The zero-order valence-corrected chi connectivity index (χ0v) is 11.2. The molecule has 5 nitrogen and oxygen atoms in total. The number of carbonyl (C=O) groups excluding carboxylic acids is 1. The number of rotatable bonds is 5. The highest BCUT2D eigenvalue weighted by molar-refractivity contribution is 5.94. The summed E-state index contributed by atoms with van der Waals surface area (Å²) in [6.45, 7) is 7.18. The van der Waals surface area contributed by atoms with E-state index >= 15 is 0 Å². The Balaban J connectivity index is 2.70. The molecule has 5 heteroatoms. The molecule has 1 aromatic rings. The van der Waals surface area contributed by atoms with Crippen LogP contribution in [0.5, 0.6) is 5.88 Å².